The Morgan fingerprint density at radius 3 is 2.74 bits per heavy atom. The molecule has 0 aliphatic heterocycles. The molecule has 0 aromatic rings. The van der Waals surface area contributed by atoms with E-state index in [1.54, 1.807) is 0 Å². The highest BCUT2D eigenvalue weighted by atomic mass is 16.2. The van der Waals surface area contributed by atoms with Crippen LogP contribution in [-0.2, 0) is 14.4 Å². The number of hydrogen-bond acceptors (Lipinski definition) is 3. The van der Waals surface area contributed by atoms with Crippen molar-refractivity contribution >= 4 is 17.5 Å². The molecule has 0 heterocycles. The summed E-state index contributed by atoms with van der Waals surface area (Å²) in [5.74, 6) is -0.459. The van der Waals surface area contributed by atoms with Gasteiger partial charge in [-0.25, -0.2) is 0 Å². The van der Waals surface area contributed by atoms with Gasteiger partial charge in [-0.1, -0.05) is 19.1 Å². The molecule has 0 aromatic carbocycles. The maximum absolute atomic E-state index is 11.8. The Labute approximate surface area is 112 Å². The molecule has 0 saturated carbocycles. The minimum absolute atomic E-state index is 0.0918. The van der Waals surface area contributed by atoms with Crippen LogP contribution in [0.2, 0.25) is 0 Å². The molecule has 1 unspecified atom stereocenters. The predicted molar refractivity (Wildman–Crippen MR) is 71.1 cm³/mol. The first kappa shape index (κ1) is 13.5. The van der Waals surface area contributed by atoms with Crippen molar-refractivity contribution in [2.45, 2.75) is 32.6 Å². The third-order valence-electron chi connectivity index (χ3n) is 3.38. The number of amides is 1. The van der Waals surface area contributed by atoms with Gasteiger partial charge in [0.1, 0.15) is 0 Å². The normalized spacial score (nSPS) is 22.3. The van der Waals surface area contributed by atoms with Crippen LogP contribution < -0.4 is 5.32 Å². The highest BCUT2D eigenvalue weighted by Crippen LogP contribution is 2.20. The maximum Gasteiger partial charge on any atom is 0.225 e. The van der Waals surface area contributed by atoms with Gasteiger partial charge in [-0.2, -0.15) is 0 Å². The fraction of sp³-hybridized carbons (Fsp3) is 0.400. The van der Waals surface area contributed by atoms with E-state index in [0.717, 1.165) is 12.8 Å². The van der Waals surface area contributed by atoms with E-state index in [1.165, 1.54) is 12.2 Å². The average molecular weight is 259 g/mol. The van der Waals surface area contributed by atoms with Gasteiger partial charge in [-0.05, 0) is 31.3 Å². The maximum atomic E-state index is 11.8. The molecule has 2 aliphatic carbocycles. The SMILES string of the molecule is CCC1=CC(=O)C(NC(=O)CC2C=CCC2)=CC1=O. The zero-order valence-corrected chi connectivity index (χ0v) is 10.9. The van der Waals surface area contributed by atoms with E-state index in [4.69, 9.17) is 0 Å². The van der Waals surface area contributed by atoms with Crippen molar-refractivity contribution in [3.8, 4) is 0 Å². The number of nitrogens with one attached hydrogen (secondary N) is 1. The smallest absolute Gasteiger partial charge is 0.225 e. The lowest BCUT2D eigenvalue weighted by molar-refractivity contribution is -0.122. The lowest BCUT2D eigenvalue weighted by atomic mass is 9.99. The molecule has 0 saturated heterocycles. The standard InChI is InChI=1S/C15H17NO3/c1-2-11-8-14(18)12(9-13(11)17)16-15(19)7-10-5-3-4-6-10/h3,5,8-10H,2,4,6-7H2,1H3,(H,16,19). The predicted octanol–water partition coefficient (Wildman–Crippen LogP) is 1.83. The largest absolute Gasteiger partial charge is 0.323 e. The molecule has 1 amide bonds. The molecule has 0 fully saturated rings. The second kappa shape index (κ2) is 5.78. The summed E-state index contributed by atoms with van der Waals surface area (Å²) in [5, 5.41) is 2.54. The lowest BCUT2D eigenvalue weighted by Crippen LogP contribution is -2.30. The summed E-state index contributed by atoms with van der Waals surface area (Å²) in [4.78, 5) is 35.2. The van der Waals surface area contributed by atoms with E-state index in [9.17, 15) is 14.4 Å². The minimum Gasteiger partial charge on any atom is -0.323 e. The van der Waals surface area contributed by atoms with E-state index < -0.39 is 0 Å². The van der Waals surface area contributed by atoms with E-state index in [1.807, 2.05) is 13.0 Å². The van der Waals surface area contributed by atoms with Crippen LogP contribution in [0.15, 0.2) is 35.6 Å². The highest BCUT2D eigenvalue weighted by Gasteiger charge is 2.21. The van der Waals surface area contributed by atoms with Crippen LogP contribution in [0.5, 0.6) is 0 Å². The summed E-state index contributed by atoms with van der Waals surface area (Å²) in [6.45, 7) is 1.82. The molecule has 4 nitrogen and oxygen atoms in total. The van der Waals surface area contributed by atoms with E-state index >= 15 is 0 Å². The number of allylic oxidation sites excluding steroid dienone is 5. The lowest BCUT2D eigenvalue weighted by Gasteiger charge is -2.13. The van der Waals surface area contributed by atoms with Crippen molar-refractivity contribution in [2.24, 2.45) is 5.92 Å². The van der Waals surface area contributed by atoms with Gasteiger partial charge in [0.2, 0.25) is 11.7 Å². The number of hydrogen-bond donors (Lipinski definition) is 1. The van der Waals surface area contributed by atoms with E-state index in [0.29, 0.717) is 18.4 Å². The minimum atomic E-state index is -0.299. The van der Waals surface area contributed by atoms with Crippen molar-refractivity contribution in [3.63, 3.8) is 0 Å². The van der Waals surface area contributed by atoms with Crippen LogP contribution in [0.1, 0.15) is 32.6 Å². The number of carbonyl (C=O) groups is 3. The molecule has 19 heavy (non-hydrogen) atoms. The Kier molecular flexibility index (Phi) is 4.10. The summed E-state index contributed by atoms with van der Waals surface area (Å²) in [5.41, 5.74) is 0.580. The van der Waals surface area contributed by atoms with Crippen LogP contribution in [0.3, 0.4) is 0 Å². The molecule has 2 rings (SSSR count). The first-order valence-electron chi connectivity index (χ1n) is 6.57. The monoisotopic (exact) mass is 259 g/mol. The quantitative estimate of drug-likeness (QED) is 0.619. The van der Waals surface area contributed by atoms with Gasteiger partial charge in [-0.15, -0.1) is 0 Å². The Bertz CT molecular complexity index is 511. The van der Waals surface area contributed by atoms with Gasteiger partial charge in [0.15, 0.2) is 5.78 Å². The molecular formula is C15H17NO3. The van der Waals surface area contributed by atoms with Gasteiger partial charge in [-0.3, -0.25) is 14.4 Å². The fourth-order valence-electron chi connectivity index (χ4n) is 2.28. The summed E-state index contributed by atoms with van der Waals surface area (Å²) >= 11 is 0. The molecule has 1 N–H and O–H groups in total. The molecule has 1 atom stereocenters. The van der Waals surface area contributed by atoms with Crippen molar-refractivity contribution in [1.82, 2.24) is 5.32 Å². The average Bonchev–Trinajstić information content (AvgIpc) is 2.86. The molecule has 100 valence electrons. The summed E-state index contributed by atoms with van der Waals surface area (Å²) in [6, 6.07) is 0. The molecule has 2 aliphatic rings. The highest BCUT2D eigenvalue weighted by molar-refractivity contribution is 6.20. The van der Waals surface area contributed by atoms with Crippen molar-refractivity contribution < 1.29 is 14.4 Å². The molecule has 4 heteroatoms. The second-order valence-electron chi connectivity index (χ2n) is 4.83. The molecule has 0 aromatic heterocycles. The van der Waals surface area contributed by atoms with Crippen LogP contribution in [0, 0.1) is 5.92 Å². The fourth-order valence-corrected chi connectivity index (χ4v) is 2.28. The molecule has 0 spiro atoms. The van der Waals surface area contributed by atoms with Crippen LogP contribution >= 0.6 is 0 Å². The first-order chi connectivity index (χ1) is 9.10. The topological polar surface area (TPSA) is 63.2 Å². The van der Waals surface area contributed by atoms with Gasteiger partial charge in [0, 0.05) is 18.1 Å². The first-order valence-corrected chi connectivity index (χ1v) is 6.57. The second-order valence-corrected chi connectivity index (χ2v) is 4.83. The van der Waals surface area contributed by atoms with Crippen molar-refractivity contribution in [3.05, 3.63) is 35.6 Å². The zero-order chi connectivity index (χ0) is 13.8. The molecular weight excluding hydrogens is 242 g/mol. The number of carbonyl (C=O) groups excluding carboxylic acids is 3. The number of rotatable bonds is 4. The Balaban J connectivity index is 1.96. The Morgan fingerprint density at radius 2 is 2.11 bits per heavy atom. The van der Waals surface area contributed by atoms with Crippen molar-refractivity contribution in [2.75, 3.05) is 0 Å². The summed E-state index contributed by atoms with van der Waals surface area (Å²) in [6.07, 6.45) is 9.48. The van der Waals surface area contributed by atoms with Crippen LogP contribution in [0.4, 0.5) is 0 Å². The molecule has 0 bridgehead atoms. The third-order valence-corrected chi connectivity index (χ3v) is 3.38. The zero-order valence-electron chi connectivity index (χ0n) is 10.9. The van der Waals surface area contributed by atoms with Crippen LogP contribution in [-0.4, -0.2) is 17.5 Å². The van der Waals surface area contributed by atoms with Crippen LogP contribution in [0.25, 0.3) is 0 Å². The van der Waals surface area contributed by atoms with Gasteiger partial charge in [0.05, 0.1) is 5.70 Å². The van der Waals surface area contributed by atoms with E-state index in [2.05, 4.69) is 11.4 Å². The Morgan fingerprint density at radius 1 is 1.32 bits per heavy atom. The van der Waals surface area contributed by atoms with Crippen molar-refractivity contribution in [1.29, 1.82) is 0 Å². The summed E-state index contributed by atoms with van der Waals surface area (Å²) in [7, 11) is 0. The van der Waals surface area contributed by atoms with Gasteiger partial charge in [0.25, 0.3) is 0 Å². The van der Waals surface area contributed by atoms with E-state index in [-0.39, 0.29) is 29.1 Å². The van der Waals surface area contributed by atoms with Gasteiger partial charge < -0.3 is 5.32 Å². The van der Waals surface area contributed by atoms with Gasteiger partial charge >= 0.3 is 0 Å². The number of ketones is 2. The summed E-state index contributed by atoms with van der Waals surface area (Å²) < 4.78 is 0. The Hall–Kier alpha value is -1.97. The molecule has 0 radical (unpaired) electrons. The third kappa shape index (κ3) is 3.28.